The van der Waals surface area contributed by atoms with Crippen LogP contribution < -0.4 is 10.2 Å². The first-order valence-electron chi connectivity index (χ1n) is 9.07. The summed E-state index contributed by atoms with van der Waals surface area (Å²) in [4.78, 5) is 14.2. The lowest BCUT2D eigenvalue weighted by molar-refractivity contribution is -0.111. The van der Waals surface area contributed by atoms with E-state index >= 15 is 0 Å². The Labute approximate surface area is 162 Å². The van der Waals surface area contributed by atoms with Gasteiger partial charge in [-0.15, -0.1) is 10.2 Å². The van der Waals surface area contributed by atoms with Crippen molar-refractivity contribution in [3.63, 3.8) is 0 Å². The standard InChI is InChI=1S/C21H20N4O3/c26-21(9-6-18-5-2-12-28-18)22-17-4-1-3-16(15-17)19-7-8-20(24-23-19)25-10-13-27-14-11-25/h1-9,12,15H,10-11,13-14H2,(H,22,26)/b9-6+. The maximum Gasteiger partial charge on any atom is 0.248 e. The molecule has 7 nitrogen and oxygen atoms in total. The number of anilines is 2. The molecule has 1 aromatic carbocycles. The minimum absolute atomic E-state index is 0.234. The summed E-state index contributed by atoms with van der Waals surface area (Å²) in [5.74, 6) is 1.24. The number of hydrogen-bond donors (Lipinski definition) is 1. The zero-order valence-electron chi connectivity index (χ0n) is 15.2. The number of nitrogens with zero attached hydrogens (tertiary/aromatic N) is 3. The summed E-state index contributed by atoms with van der Waals surface area (Å²) in [5.41, 5.74) is 2.32. The number of amides is 1. The number of benzene rings is 1. The van der Waals surface area contributed by atoms with Crippen molar-refractivity contribution in [3.05, 3.63) is 66.6 Å². The van der Waals surface area contributed by atoms with E-state index in [2.05, 4.69) is 20.4 Å². The number of furan rings is 1. The smallest absolute Gasteiger partial charge is 0.248 e. The van der Waals surface area contributed by atoms with Crippen molar-refractivity contribution in [2.45, 2.75) is 0 Å². The van der Waals surface area contributed by atoms with E-state index < -0.39 is 0 Å². The van der Waals surface area contributed by atoms with E-state index in [9.17, 15) is 4.79 Å². The van der Waals surface area contributed by atoms with E-state index in [1.165, 1.54) is 6.08 Å². The minimum atomic E-state index is -0.234. The van der Waals surface area contributed by atoms with Gasteiger partial charge in [0, 0.05) is 30.4 Å². The van der Waals surface area contributed by atoms with Gasteiger partial charge in [-0.25, -0.2) is 0 Å². The molecule has 1 saturated heterocycles. The Hall–Kier alpha value is -3.45. The molecule has 0 spiro atoms. The SMILES string of the molecule is O=C(/C=C/c1ccco1)Nc1cccc(-c2ccc(N3CCOCC3)nn2)c1. The van der Waals surface area contributed by atoms with Gasteiger partial charge in [0.2, 0.25) is 5.91 Å². The third kappa shape index (κ3) is 4.44. The van der Waals surface area contributed by atoms with Crippen LogP contribution in [0.3, 0.4) is 0 Å². The zero-order chi connectivity index (χ0) is 19.2. The quantitative estimate of drug-likeness (QED) is 0.689. The first-order valence-corrected chi connectivity index (χ1v) is 9.07. The van der Waals surface area contributed by atoms with Crippen molar-refractivity contribution < 1.29 is 13.9 Å². The van der Waals surface area contributed by atoms with Gasteiger partial charge < -0.3 is 19.4 Å². The van der Waals surface area contributed by atoms with Crippen LogP contribution in [0.15, 0.2) is 65.3 Å². The van der Waals surface area contributed by atoms with Crippen LogP contribution >= 0.6 is 0 Å². The number of nitrogens with one attached hydrogen (secondary N) is 1. The molecule has 1 fully saturated rings. The van der Waals surface area contributed by atoms with Crippen LogP contribution in [0.2, 0.25) is 0 Å². The lowest BCUT2D eigenvalue weighted by Crippen LogP contribution is -2.36. The number of carbonyl (C=O) groups is 1. The van der Waals surface area contributed by atoms with E-state index in [-0.39, 0.29) is 5.91 Å². The van der Waals surface area contributed by atoms with Crippen molar-refractivity contribution in [1.82, 2.24) is 10.2 Å². The number of ether oxygens (including phenoxy) is 1. The van der Waals surface area contributed by atoms with Gasteiger partial charge >= 0.3 is 0 Å². The van der Waals surface area contributed by atoms with E-state index in [4.69, 9.17) is 9.15 Å². The van der Waals surface area contributed by atoms with E-state index in [0.717, 1.165) is 30.2 Å². The molecule has 0 bridgehead atoms. The number of carbonyl (C=O) groups excluding carboxylic acids is 1. The highest BCUT2D eigenvalue weighted by atomic mass is 16.5. The Balaban J connectivity index is 1.43. The molecule has 1 N–H and O–H groups in total. The Morgan fingerprint density at radius 3 is 2.71 bits per heavy atom. The van der Waals surface area contributed by atoms with Gasteiger partial charge in [0.25, 0.3) is 0 Å². The lowest BCUT2D eigenvalue weighted by Gasteiger charge is -2.27. The second-order valence-electron chi connectivity index (χ2n) is 6.30. The fraction of sp³-hybridized carbons (Fsp3) is 0.190. The van der Waals surface area contributed by atoms with Gasteiger partial charge in [0.15, 0.2) is 5.82 Å². The average molecular weight is 376 g/mol. The van der Waals surface area contributed by atoms with E-state index in [0.29, 0.717) is 24.7 Å². The van der Waals surface area contributed by atoms with Gasteiger partial charge in [-0.2, -0.15) is 0 Å². The summed E-state index contributed by atoms with van der Waals surface area (Å²) in [7, 11) is 0. The molecule has 2 aromatic heterocycles. The molecule has 3 aromatic rings. The van der Waals surface area contributed by atoms with Crippen molar-refractivity contribution in [3.8, 4) is 11.3 Å². The molecule has 0 unspecified atom stereocenters. The van der Waals surface area contributed by atoms with Gasteiger partial charge in [-0.3, -0.25) is 4.79 Å². The summed E-state index contributed by atoms with van der Waals surface area (Å²) in [6.07, 6.45) is 4.61. The molecule has 7 heteroatoms. The van der Waals surface area contributed by atoms with Gasteiger partial charge in [-0.1, -0.05) is 12.1 Å². The Bertz CT molecular complexity index is 946. The molecule has 0 aliphatic carbocycles. The number of hydrogen-bond acceptors (Lipinski definition) is 6. The van der Waals surface area contributed by atoms with Crippen LogP contribution in [0.25, 0.3) is 17.3 Å². The fourth-order valence-electron chi connectivity index (χ4n) is 2.92. The van der Waals surface area contributed by atoms with Crippen LogP contribution in [-0.2, 0) is 9.53 Å². The third-order valence-electron chi connectivity index (χ3n) is 4.35. The second-order valence-corrected chi connectivity index (χ2v) is 6.30. The average Bonchev–Trinajstić information content (AvgIpc) is 3.27. The predicted octanol–water partition coefficient (Wildman–Crippen LogP) is 3.23. The molecule has 28 heavy (non-hydrogen) atoms. The first-order chi connectivity index (χ1) is 13.8. The Morgan fingerprint density at radius 1 is 1.07 bits per heavy atom. The third-order valence-corrected chi connectivity index (χ3v) is 4.35. The lowest BCUT2D eigenvalue weighted by atomic mass is 10.1. The summed E-state index contributed by atoms with van der Waals surface area (Å²) in [6, 6.07) is 15.0. The highest BCUT2D eigenvalue weighted by Gasteiger charge is 2.13. The largest absolute Gasteiger partial charge is 0.465 e. The molecule has 0 radical (unpaired) electrons. The molecule has 0 atom stereocenters. The molecule has 0 saturated carbocycles. The van der Waals surface area contributed by atoms with Crippen molar-refractivity contribution in [1.29, 1.82) is 0 Å². The maximum atomic E-state index is 12.1. The summed E-state index contributed by atoms with van der Waals surface area (Å²) < 4.78 is 10.5. The second kappa shape index (κ2) is 8.49. The summed E-state index contributed by atoms with van der Waals surface area (Å²) in [6.45, 7) is 3.06. The highest BCUT2D eigenvalue weighted by molar-refractivity contribution is 6.02. The predicted molar refractivity (Wildman–Crippen MR) is 107 cm³/mol. The molecular weight excluding hydrogens is 356 g/mol. The van der Waals surface area contributed by atoms with Crippen molar-refractivity contribution in [2.24, 2.45) is 0 Å². The fourth-order valence-corrected chi connectivity index (χ4v) is 2.92. The Kier molecular flexibility index (Phi) is 5.44. The van der Waals surface area contributed by atoms with E-state index in [1.807, 2.05) is 36.4 Å². The van der Waals surface area contributed by atoms with Crippen LogP contribution in [0.5, 0.6) is 0 Å². The molecule has 1 aliphatic rings. The number of morpholine rings is 1. The molecule has 4 rings (SSSR count). The van der Waals surface area contributed by atoms with Gasteiger partial charge in [0.05, 0.1) is 25.2 Å². The molecule has 142 valence electrons. The van der Waals surface area contributed by atoms with Crippen molar-refractivity contribution >= 4 is 23.5 Å². The molecule has 3 heterocycles. The molecular formula is C21H20N4O3. The number of aromatic nitrogens is 2. The van der Waals surface area contributed by atoms with Crippen LogP contribution in [0, 0.1) is 0 Å². The van der Waals surface area contributed by atoms with Gasteiger partial charge in [0.1, 0.15) is 5.76 Å². The molecule has 1 amide bonds. The van der Waals surface area contributed by atoms with Crippen LogP contribution in [-0.4, -0.2) is 42.4 Å². The monoisotopic (exact) mass is 376 g/mol. The number of rotatable bonds is 5. The zero-order valence-corrected chi connectivity index (χ0v) is 15.2. The van der Waals surface area contributed by atoms with Crippen LogP contribution in [0.1, 0.15) is 5.76 Å². The maximum absolute atomic E-state index is 12.1. The first kappa shape index (κ1) is 17.9. The van der Waals surface area contributed by atoms with Gasteiger partial charge in [-0.05, 0) is 42.5 Å². The highest BCUT2D eigenvalue weighted by Crippen LogP contribution is 2.22. The van der Waals surface area contributed by atoms with E-state index in [1.54, 1.807) is 24.5 Å². The van der Waals surface area contributed by atoms with Crippen molar-refractivity contribution in [2.75, 3.05) is 36.5 Å². The minimum Gasteiger partial charge on any atom is -0.465 e. The Morgan fingerprint density at radius 2 is 1.96 bits per heavy atom. The topological polar surface area (TPSA) is 80.5 Å². The summed E-state index contributed by atoms with van der Waals surface area (Å²) >= 11 is 0. The molecule has 1 aliphatic heterocycles. The normalized spacial score (nSPS) is 14.4. The summed E-state index contributed by atoms with van der Waals surface area (Å²) in [5, 5.41) is 11.5. The van der Waals surface area contributed by atoms with Crippen LogP contribution in [0.4, 0.5) is 11.5 Å².